The highest BCUT2D eigenvalue weighted by Crippen LogP contribution is 2.46. The standard InChI is InChI=1S/C13H15O5P/c1-3-17-19(14,18-4-2)8-7-11-5-6-12-13(9-11)16-10-15-12/h5-6,9H,3-4,10H2,1-2H3. The zero-order valence-electron chi connectivity index (χ0n) is 10.8. The summed E-state index contributed by atoms with van der Waals surface area (Å²) in [6.07, 6.45) is 0. The van der Waals surface area contributed by atoms with Crippen LogP contribution in [-0.2, 0) is 13.6 Å². The van der Waals surface area contributed by atoms with Crippen LogP contribution in [0.4, 0.5) is 0 Å². The number of rotatable bonds is 4. The molecule has 0 saturated carbocycles. The zero-order valence-corrected chi connectivity index (χ0v) is 11.7. The van der Waals surface area contributed by atoms with Crippen LogP contribution in [0.25, 0.3) is 0 Å². The van der Waals surface area contributed by atoms with Gasteiger partial charge in [-0.3, -0.25) is 9.05 Å². The molecule has 0 bridgehead atoms. The minimum absolute atomic E-state index is 0.211. The van der Waals surface area contributed by atoms with E-state index in [9.17, 15) is 4.57 Å². The minimum Gasteiger partial charge on any atom is -0.454 e. The second-order valence-electron chi connectivity index (χ2n) is 3.64. The molecule has 0 fully saturated rings. The number of fused-ring (bicyclic) bond motifs is 1. The van der Waals surface area contributed by atoms with Crippen molar-refractivity contribution in [1.29, 1.82) is 0 Å². The Hall–Kier alpha value is -1.47. The Bertz CT molecular complexity index is 548. The summed E-state index contributed by atoms with van der Waals surface area (Å²) in [6.45, 7) is 4.27. The van der Waals surface area contributed by atoms with Gasteiger partial charge in [0.2, 0.25) is 6.79 Å². The van der Waals surface area contributed by atoms with E-state index in [0.717, 1.165) is 0 Å². The van der Waals surface area contributed by atoms with E-state index in [1.54, 1.807) is 32.0 Å². The molecule has 0 atom stereocenters. The van der Waals surface area contributed by atoms with E-state index in [2.05, 4.69) is 11.6 Å². The first-order valence-corrected chi connectivity index (χ1v) is 7.53. The highest BCUT2D eigenvalue weighted by atomic mass is 31.2. The van der Waals surface area contributed by atoms with E-state index in [1.165, 1.54) is 0 Å². The maximum atomic E-state index is 12.1. The van der Waals surface area contributed by atoms with Crippen LogP contribution in [0.5, 0.6) is 11.5 Å². The fourth-order valence-corrected chi connectivity index (χ4v) is 2.70. The Morgan fingerprint density at radius 1 is 1.21 bits per heavy atom. The van der Waals surface area contributed by atoms with Gasteiger partial charge in [0.05, 0.1) is 13.2 Å². The molecule has 0 aliphatic carbocycles. The van der Waals surface area contributed by atoms with Crippen molar-refractivity contribution < 1.29 is 23.1 Å². The molecule has 1 aliphatic rings. The Labute approximate surface area is 112 Å². The molecule has 0 amide bonds. The lowest BCUT2D eigenvalue weighted by Gasteiger charge is -2.09. The molecule has 1 heterocycles. The Kier molecular flexibility index (Phi) is 4.49. The first-order chi connectivity index (χ1) is 9.17. The van der Waals surface area contributed by atoms with Crippen LogP contribution in [0.15, 0.2) is 18.2 Å². The van der Waals surface area contributed by atoms with E-state index in [1.807, 2.05) is 0 Å². The molecule has 0 saturated heterocycles. The van der Waals surface area contributed by atoms with Crippen LogP contribution >= 0.6 is 7.60 Å². The van der Waals surface area contributed by atoms with Crippen molar-refractivity contribution in [2.75, 3.05) is 20.0 Å². The van der Waals surface area contributed by atoms with Crippen LogP contribution in [0.2, 0.25) is 0 Å². The van der Waals surface area contributed by atoms with Gasteiger partial charge in [0.1, 0.15) is 0 Å². The summed E-state index contributed by atoms with van der Waals surface area (Å²) in [5.41, 5.74) is 3.24. The monoisotopic (exact) mass is 282 g/mol. The third kappa shape index (κ3) is 3.51. The van der Waals surface area contributed by atoms with E-state index in [0.29, 0.717) is 17.1 Å². The molecule has 1 aromatic rings. The molecule has 6 heteroatoms. The average molecular weight is 282 g/mol. The van der Waals surface area contributed by atoms with Gasteiger partial charge in [0, 0.05) is 11.2 Å². The first kappa shape index (κ1) is 14.0. The van der Waals surface area contributed by atoms with Gasteiger partial charge < -0.3 is 9.47 Å². The molecule has 5 nitrogen and oxygen atoms in total. The van der Waals surface area contributed by atoms with E-state index in [-0.39, 0.29) is 20.0 Å². The molecule has 102 valence electrons. The summed E-state index contributed by atoms with van der Waals surface area (Å²) in [7, 11) is -3.34. The van der Waals surface area contributed by atoms with Crippen LogP contribution in [-0.4, -0.2) is 20.0 Å². The van der Waals surface area contributed by atoms with Gasteiger partial charge in [-0.2, -0.15) is 0 Å². The molecule has 0 radical (unpaired) electrons. The fourth-order valence-electron chi connectivity index (χ4n) is 1.55. The van der Waals surface area contributed by atoms with Gasteiger partial charge in [-0.05, 0) is 32.0 Å². The Morgan fingerprint density at radius 3 is 2.58 bits per heavy atom. The Morgan fingerprint density at radius 2 is 1.89 bits per heavy atom. The molecule has 0 N–H and O–H groups in total. The van der Waals surface area contributed by atoms with E-state index < -0.39 is 7.60 Å². The largest absolute Gasteiger partial charge is 0.454 e. The highest BCUT2D eigenvalue weighted by molar-refractivity contribution is 7.59. The molecule has 19 heavy (non-hydrogen) atoms. The quantitative estimate of drug-likeness (QED) is 0.627. The maximum Gasteiger partial charge on any atom is 0.405 e. The first-order valence-electron chi connectivity index (χ1n) is 5.99. The van der Waals surface area contributed by atoms with Crippen molar-refractivity contribution in [2.45, 2.75) is 13.8 Å². The predicted octanol–water partition coefficient (Wildman–Crippen LogP) is 2.99. The van der Waals surface area contributed by atoms with Gasteiger partial charge in [-0.15, -0.1) is 0 Å². The van der Waals surface area contributed by atoms with Gasteiger partial charge >= 0.3 is 7.60 Å². The Balaban J connectivity index is 2.20. The van der Waals surface area contributed by atoms with Crippen LogP contribution in [0.1, 0.15) is 19.4 Å². The summed E-state index contributed by atoms with van der Waals surface area (Å²) in [5, 5.41) is 0. The molecular weight excluding hydrogens is 267 g/mol. The van der Waals surface area contributed by atoms with Crippen LogP contribution in [0.3, 0.4) is 0 Å². The van der Waals surface area contributed by atoms with Crippen LogP contribution in [0, 0.1) is 11.6 Å². The molecule has 1 aliphatic heterocycles. The van der Waals surface area contributed by atoms with E-state index >= 15 is 0 Å². The fraction of sp³-hybridized carbons (Fsp3) is 0.385. The molecule has 0 spiro atoms. The second kappa shape index (κ2) is 6.12. The summed E-state index contributed by atoms with van der Waals surface area (Å²) < 4.78 is 32.8. The minimum atomic E-state index is -3.34. The third-order valence-corrected chi connectivity index (χ3v) is 3.89. The lowest BCUT2D eigenvalue weighted by molar-refractivity contribution is 0.174. The van der Waals surface area contributed by atoms with Crippen molar-refractivity contribution in [3.63, 3.8) is 0 Å². The van der Waals surface area contributed by atoms with Crippen molar-refractivity contribution in [3.8, 4) is 23.1 Å². The number of hydrogen-bond acceptors (Lipinski definition) is 5. The van der Waals surface area contributed by atoms with Crippen molar-refractivity contribution in [2.24, 2.45) is 0 Å². The molecule has 2 rings (SSSR count). The third-order valence-electron chi connectivity index (χ3n) is 2.31. The normalized spacial score (nSPS) is 12.9. The summed E-state index contributed by atoms with van der Waals surface area (Å²) >= 11 is 0. The smallest absolute Gasteiger partial charge is 0.405 e. The summed E-state index contributed by atoms with van der Waals surface area (Å²) in [6, 6.07) is 5.26. The number of ether oxygens (including phenoxy) is 2. The zero-order chi connectivity index (χ0) is 13.7. The highest BCUT2D eigenvalue weighted by Gasteiger charge is 2.20. The lowest BCUT2D eigenvalue weighted by Crippen LogP contribution is -1.93. The average Bonchev–Trinajstić information content (AvgIpc) is 2.84. The second-order valence-corrected chi connectivity index (χ2v) is 5.37. The molecule has 0 unspecified atom stereocenters. The molecule has 1 aromatic carbocycles. The van der Waals surface area contributed by atoms with Gasteiger partial charge in [0.15, 0.2) is 11.5 Å². The van der Waals surface area contributed by atoms with Crippen molar-refractivity contribution in [1.82, 2.24) is 0 Å². The van der Waals surface area contributed by atoms with Crippen molar-refractivity contribution >= 4 is 7.60 Å². The van der Waals surface area contributed by atoms with Gasteiger partial charge in [-0.1, -0.05) is 5.92 Å². The van der Waals surface area contributed by atoms with Gasteiger partial charge in [-0.25, -0.2) is 4.57 Å². The summed E-state index contributed by atoms with van der Waals surface area (Å²) in [4.78, 5) is 0. The SMILES string of the molecule is CCOP(=O)(C#Cc1ccc2c(c1)OCO2)OCC. The van der Waals surface area contributed by atoms with Crippen molar-refractivity contribution in [3.05, 3.63) is 23.8 Å². The lowest BCUT2D eigenvalue weighted by atomic mass is 10.2. The predicted molar refractivity (Wildman–Crippen MR) is 70.3 cm³/mol. The topological polar surface area (TPSA) is 54.0 Å². The van der Waals surface area contributed by atoms with Gasteiger partial charge in [0.25, 0.3) is 0 Å². The maximum absolute atomic E-state index is 12.1. The number of hydrogen-bond donors (Lipinski definition) is 0. The molecule has 0 aromatic heterocycles. The molecular formula is C13H15O5P. The summed E-state index contributed by atoms with van der Waals surface area (Å²) in [5.74, 6) is 4.10. The van der Waals surface area contributed by atoms with E-state index in [4.69, 9.17) is 18.5 Å². The number of benzene rings is 1. The van der Waals surface area contributed by atoms with Crippen LogP contribution < -0.4 is 9.47 Å².